The summed E-state index contributed by atoms with van der Waals surface area (Å²) in [5.74, 6) is 0.561. The van der Waals surface area contributed by atoms with Crippen molar-refractivity contribution >= 4 is 9.84 Å². The summed E-state index contributed by atoms with van der Waals surface area (Å²) in [6.07, 6.45) is 3.59. The van der Waals surface area contributed by atoms with Crippen molar-refractivity contribution in [3.8, 4) is 67.3 Å². The second-order valence-corrected chi connectivity index (χ2v) is 18.6. The lowest BCUT2D eigenvalue weighted by Gasteiger charge is -2.43. The Morgan fingerprint density at radius 1 is 0.410 bits per heavy atom. The van der Waals surface area contributed by atoms with Gasteiger partial charge in [-0.05, 0) is 109 Å². The third-order valence-electron chi connectivity index (χ3n) is 13.2. The maximum absolute atomic E-state index is 15.3. The standard InChI is InChI=1S/C55H37N3O2S/c1-54(2)43-22-10-8-21-40(43)42-30-48-52(31-46(42)54)61(59,60)51-25-13-12-24-45(51)55(48)44-23-11-9-20-39(44)37-18-6-7-19-38(37)41-27-26-35(29-47(41)55)53-57-49(34-15-4-3-5-16-34)32-50(58-53)36-17-14-28-56-33-36/h3-33H,1-2H3. The van der Waals surface area contributed by atoms with E-state index in [0.29, 0.717) is 15.6 Å². The third kappa shape index (κ3) is 4.94. The Morgan fingerprint density at radius 2 is 1.00 bits per heavy atom. The van der Waals surface area contributed by atoms with Crippen LogP contribution in [0.5, 0.6) is 0 Å². The fourth-order valence-electron chi connectivity index (χ4n) is 10.5. The van der Waals surface area contributed by atoms with Gasteiger partial charge in [-0.1, -0.05) is 147 Å². The second kappa shape index (κ2) is 12.9. The van der Waals surface area contributed by atoms with Crippen LogP contribution in [0.3, 0.4) is 0 Å². The minimum absolute atomic E-state index is 0.314. The van der Waals surface area contributed by atoms with Crippen molar-refractivity contribution in [2.45, 2.75) is 34.5 Å². The molecule has 1 unspecified atom stereocenters. The van der Waals surface area contributed by atoms with Gasteiger partial charge in [-0.25, -0.2) is 18.4 Å². The van der Waals surface area contributed by atoms with E-state index < -0.39 is 20.7 Å². The molecule has 3 heterocycles. The van der Waals surface area contributed by atoms with E-state index in [1.54, 1.807) is 12.3 Å². The minimum Gasteiger partial charge on any atom is -0.264 e. The molecule has 9 aromatic rings. The van der Waals surface area contributed by atoms with Crippen molar-refractivity contribution in [3.63, 3.8) is 0 Å². The highest BCUT2D eigenvalue weighted by atomic mass is 32.2. The van der Waals surface area contributed by atoms with E-state index in [1.807, 2.05) is 66.9 Å². The number of rotatable bonds is 3. The molecular weight excluding hydrogens is 767 g/mol. The van der Waals surface area contributed by atoms with E-state index in [2.05, 4.69) is 128 Å². The summed E-state index contributed by atoms with van der Waals surface area (Å²) in [6.45, 7) is 4.40. The van der Waals surface area contributed by atoms with Crippen LogP contribution >= 0.6 is 0 Å². The molecule has 290 valence electrons. The lowest BCUT2D eigenvalue weighted by atomic mass is 9.62. The van der Waals surface area contributed by atoms with Crippen molar-refractivity contribution in [1.82, 2.24) is 15.0 Å². The van der Waals surface area contributed by atoms with Crippen LogP contribution in [0.25, 0.3) is 67.3 Å². The molecule has 1 atom stereocenters. The molecule has 0 saturated carbocycles. The first-order chi connectivity index (χ1) is 29.8. The number of sulfone groups is 1. The summed E-state index contributed by atoms with van der Waals surface area (Å²) >= 11 is 0. The number of hydrogen-bond donors (Lipinski definition) is 0. The van der Waals surface area contributed by atoms with Gasteiger partial charge >= 0.3 is 0 Å². The van der Waals surface area contributed by atoms with Crippen LogP contribution in [0.1, 0.15) is 47.2 Å². The highest BCUT2D eigenvalue weighted by Gasteiger charge is 2.53. The monoisotopic (exact) mass is 803 g/mol. The predicted octanol–water partition coefficient (Wildman–Crippen LogP) is 12.4. The minimum atomic E-state index is -3.99. The third-order valence-corrected chi connectivity index (χ3v) is 15.1. The van der Waals surface area contributed by atoms with Gasteiger partial charge in [0, 0.05) is 34.5 Å². The summed E-state index contributed by atoms with van der Waals surface area (Å²) in [6, 6.07) is 60.1. The largest absolute Gasteiger partial charge is 0.264 e. The van der Waals surface area contributed by atoms with E-state index in [0.717, 1.165) is 89.3 Å². The van der Waals surface area contributed by atoms with Gasteiger partial charge in [0.1, 0.15) is 0 Å². The maximum atomic E-state index is 15.3. The Bertz CT molecular complexity index is 3360. The zero-order valence-electron chi connectivity index (χ0n) is 33.5. The Balaban J connectivity index is 1.24. The smallest absolute Gasteiger partial charge is 0.207 e. The second-order valence-electron chi connectivity index (χ2n) is 16.7. The van der Waals surface area contributed by atoms with Crippen molar-refractivity contribution in [3.05, 3.63) is 222 Å². The van der Waals surface area contributed by atoms with Crippen LogP contribution in [0.15, 0.2) is 198 Å². The molecule has 3 aliphatic rings. The molecule has 0 bridgehead atoms. The average Bonchev–Trinajstić information content (AvgIpc) is 3.47. The number of benzene rings is 7. The first-order valence-corrected chi connectivity index (χ1v) is 22.1. The predicted molar refractivity (Wildman–Crippen MR) is 242 cm³/mol. The van der Waals surface area contributed by atoms with Crippen LogP contribution in [-0.4, -0.2) is 23.4 Å². The fourth-order valence-corrected chi connectivity index (χ4v) is 12.2. The zero-order valence-corrected chi connectivity index (χ0v) is 34.3. The van der Waals surface area contributed by atoms with Gasteiger partial charge < -0.3 is 0 Å². The molecule has 7 aromatic carbocycles. The average molecular weight is 804 g/mol. The number of nitrogens with zero attached hydrogens (tertiary/aromatic N) is 3. The van der Waals surface area contributed by atoms with Gasteiger partial charge in [-0.15, -0.1) is 0 Å². The number of aromatic nitrogens is 3. The molecule has 2 aliphatic carbocycles. The van der Waals surface area contributed by atoms with Crippen LogP contribution in [-0.2, 0) is 20.7 Å². The van der Waals surface area contributed by atoms with Crippen molar-refractivity contribution in [2.75, 3.05) is 0 Å². The molecule has 2 aromatic heterocycles. The van der Waals surface area contributed by atoms with Gasteiger partial charge in [-0.3, -0.25) is 4.98 Å². The van der Waals surface area contributed by atoms with E-state index >= 15 is 8.42 Å². The molecule has 0 N–H and O–H groups in total. The molecule has 1 spiro atoms. The van der Waals surface area contributed by atoms with Crippen molar-refractivity contribution in [2.24, 2.45) is 0 Å². The number of pyridine rings is 1. The molecule has 0 saturated heterocycles. The first kappa shape index (κ1) is 35.6. The van der Waals surface area contributed by atoms with Crippen LogP contribution in [0.4, 0.5) is 0 Å². The van der Waals surface area contributed by atoms with Gasteiger partial charge in [0.15, 0.2) is 5.82 Å². The summed E-state index contributed by atoms with van der Waals surface area (Å²) in [7, 11) is -3.99. The van der Waals surface area contributed by atoms with E-state index in [4.69, 9.17) is 9.97 Å². The summed E-state index contributed by atoms with van der Waals surface area (Å²) < 4.78 is 30.7. The highest BCUT2D eigenvalue weighted by Crippen LogP contribution is 2.62. The Labute approximate surface area is 355 Å². The molecule has 5 nitrogen and oxygen atoms in total. The number of hydrogen-bond acceptors (Lipinski definition) is 5. The lowest BCUT2D eigenvalue weighted by molar-refractivity contribution is 0.577. The summed E-state index contributed by atoms with van der Waals surface area (Å²) in [4.78, 5) is 15.6. The zero-order chi connectivity index (χ0) is 41.1. The molecule has 12 rings (SSSR count). The van der Waals surface area contributed by atoms with Crippen LogP contribution < -0.4 is 0 Å². The topological polar surface area (TPSA) is 72.8 Å². The van der Waals surface area contributed by atoms with E-state index in [-0.39, 0.29) is 0 Å². The van der Waals surface area contributed by atoms with E-state index in [9.17, 15) is 0 Å². The normalized spacial score (nSPS) is 16.8. The Hall–Kier alpha value is -7.28. The Kier molecular flexibility index (Phi) is 7.51. The van der Waals surface area contributed by atoms with E-state index in [1.165, 1.54) is 5.56 Å². The summed E-state index contributed by atoms with van der Waals surface area (Å²) in [5.41, 5.74) is 14.8. The lowest BCUT2D eigenvalue weighted by Crippen LogP contribution is -2.38. The molecular formula is C55H37N3O2S. The maximum Gasteiger partial charge on any atom is 0.207 e. The molecule has 1 aliphatic heterocycles. The summed E-state index contributed by atoms with van der Waals surface area (Å²) in [5, 5.41) is 0. The Morgan fingerprint density at radius 3 is 1.72 bits per heavy atom. The molecule has 61 heavy (non-hydrogen) atoms. The van der Waals surface area contributed by atoms with Gasteiger partial charge in [0.05, 0.1) is 26.6 Å². The van der Waals surface area contributed by atoms with Gasteiger partial charge in [0.25, 0.3) is 0 Å². The molecule has 0 radical (unpaired) electrons. The first-order valence-electron chi connectivity index (χ1n) is 20.6. The molecule has 0 amide bonds. The fraction of sp³-hybridized carbons (Fsp3) is 0.0727. The highest BCUT2D eigenvalue weighted by molar-refractivity contribution is 7.91. The van der Waals surface area contributed by atoms with Crippen molar-refractivity contribution in [1.29, 1.82) is 0 Å². The van der Waals surface area contributed by atoms with Crippen LogP contribution in [0, 0.1) is 0 Å². The molecule has 0 fully saturated rings. The SMILES string of the molecule is CC1(C)c2ccccc2-c2cc3c(cc21)S(=O)(=O)c1ccccc1C31c2ccccc2-c2ccccc2-c2ccc(-c3nc(-c4ccccc4)cc(-c4cccnc4)n3)cc21. The van der Waals surface area contributed by atoms with Crippen LogP contribution in [0.2, 0.25) is 0 Å². The van der Waals surface area contributed by atoms with Crippen molar-refractivity contribution < 1.29 is 8.42 Å². The molecule has 6 heteroatoms. The van der Waals surface area contributed by atoms with Gasteiger partial charge in [0.2, 0.25) is 9.84 Å². The number of fused-ring (bicyclic) bond motifs is 14. The quantitative estimate of drug-likeness (QED) is 0.178. The van der Waals surface area contributed by atoms with Gasteiger partial charge in [-0.2, -0.15) is 0 Å².